The zero-order valence-corrected chi connectivity index (χ0v) is 19.4. The van der Waals surface area contributed by atoms with Crippen molar-refractivity contribution >= 4 is 23.3 Å². The Kier molecular flexibility index (Phi) is 5.11. The van der Waals surface area contributed by atoms with Gasteiger partial charge in [0, 0.05) is 51.0 Å². The van der Waals surface area contributed by atoms with E-state index in [1.54, 1.807) is 21.8 Å². The lowest BCUT2D eigenvalue weighted by atomic mass is 9.60. The quantitative estimate of drug-likeness (QED) is 0.564. The van der Waals surface area contributed by atoms with E-state index in [4.69, 9.17) is 0 Å². The molecule has 1 spiro atoms. The van der Waals surface area contributed by atoms with E-state index < -0.39 is 29.3 Å². The number of imidazole rings is 1. The van der Waals surface area contributed by atoms with Crippen molar-refractivity contribution in [3.63, 3.8) is 0 Å². The lowest BCUT2D eigenvalue weighted by Crippen LogP contribution is -2.67. The normalized spacial score (nSPS) is 17.4. The number of carbonyl (C=O) groups excluding carboxylic acids is 2. The molecule has 3 amide bonds. The van der Waals surface area contributed by atoms with Crippen LogP contribution < -0.4 is 5.32 Å². The lowest BCUT2D eigenvalue weighted by molar-refractivity contribution is -0.137. The second kappa shape index (κ2) is 7.72. The summed E-state index contributed by atoms with van der Waals surface area (Å²) >= 11 is 0. The maximum absolute atomic E-state index is 14.4. The molecule has 35 heavy (non-hydrogen) atoms. The fourth-order valence-corrected chi connectivity index (χ4v) is 5.14. The van der Waals surface area contributed by atoms with Crippen molar-refractivity contribution in [3.05, 3.63) is 53.2 Å². The van der Waals surface area contributed by atoms with Crippen molar-refractivity contribution in [2.24, 2.45) is 12.5 Å². The molecule has 2 aromatic heterocycles. The number of nitrogens with one attached hydrogen (secondary N) is 1. The molecule has 1 aliphatic carbocycles. The van der Waals surface area contributed by atoms with E-state index in [1.165, 1.54) is 18.9 Å². The fourth-order valence-electron chi connectivity index (χ4n) is 5.14. The van der Waals surface area contributed by atoms with Crippen LogP contribution in [0.15, 0.2) is 30.7 Å². The van der Waals surface area contributed by atoms with Crippen molar-refractivity contribution in [2.45, 2.75) is 32.0 Å². The first-order valence-electron chi connectivity index (χ1n) is 11.1. The van der Waals surface area contributed by atoms with Gasteiger partial charge in [0.25, 0.3) is 5.91 Å². The molecule has 3 aromatic rings. The van der Waals surface area contributed by atoms with Crippen LogP contribution in [-0.4, -0.2) is 62.1 Å². The van der Waals surface area contributed by atoms with Gasteiger partial charge in [0.15, 0.2) is 0 Å². The van der Waals surface area contributed by atoms with Gasteiger partial charge in [0.1, 0.15) is 17.0 Å². The number of anilines is 1. The van der Waals surface area contributed by atoms with Crippen LogP contribution in [0, 0.1) is 18.2 Å². The standard InChI is InChI=1S/C23H24F4N6O2/c1-13-6-14(23(25,26)27)7-17(18(13)24)29-21(35)31(3)15-8-22(9-15)11-32(12-22)20(34)16-10-28-33-5-4-30(2)19(16)33/h4-7,10,15H,8-9,11-12H2,1-3H3,(H,29,35). The van der Waals surface area contributed by atoms with Crippen molar-refractivity contribution in [3.8, 4) is 0 Å². The van der Waals surface area contributed by atoms with E-state index in [0.29, 0.717) is 43.6 Å². The number of likely N-dealkylation sites (tertiary alicyclic amines) is 1. The molecule has 0 bridgehead atoms. The predicted molar refractivity (Wildman–Crippen MR) is 118 cm³/mol. The monoisotopic (exact) mass is 492 g/mol. The Bertz CT molecular complexity index is 1330. The van der Waals surface area contributed by atoms with Crippen LogP contribution in [0.3, 0.4) is 0 Å². The first-order chi connectivity index (χ1) is 16.4. The molecule has 12 heteroatoms. The number of alkyl halides is 3. The number of benzene rings is 1. The number of fused-ring (bicyclic) bond motifs is 1. The minimum atomic E-state index is -4.65. The van der Waals surface area contributed by atoms with Gasteiger partial charge in [0.05, 0.1) is 17.4 Å². The molecule has 5 rings (SSSR count). The van der Waals surface area contributed by atoms with E-state index in [0.717, 1.165) is 5.65 Å². The van der Waals surface area contributed by atoms with Gasteiger partial charge in [-0.1, -0.05) is 0 Å². The molecule has 2 aliphatic rings. The highest BCUT2D eigenvalue weighted by Crippen LogP contribution is 2.50. The summed E-state index contributed by atoms with van der Waals surface area (Å²) < 4.78 is 57.1. The second-order valence-corrected chi connectivity index (χ2v) is 9.65. The molecule has 0 radical (unpaired) electrons. The van der Waals surface area contributed by atoms with Crippen LogP contribution in [0.5, 0.6) is 0 Å². The van der Waals surface area contributed by atoms with Crippen LogP contribution >= 0.6 is 0 Å². The number of rotatable bonds is 3. The molecule has 1 aliphatic heterocycles. The Morgan fingerprint density at radius 2 is 1.89 bits per heavy atom. The van der Waals surface area contributed by atoms with Gasteiger partial charge in [-0.2, -0.15) is 18.3 Å². The van der Waals surface area contributed by atoms with Crippen LogP contribution in [0.2, 0.25) is 0 Å². The summed E-state index contributed by atoms with van der Waals surface area (Å²) in [5, 5.41) is 6.48. The molecular weight excluding hydrogens is 468 g/mol. The Morgan fingerprint density at radius 3 is 2.54 bits per heavy atom. The lowest BCUT2D eigenvalue weighted by Gasteiger charge is -2.60. The highest BCUT2D eigenvalue weighted by molar-refractivity contribution is 6.00. The summed E-state index contributed by atoms with van der Waals surface area (Å²) in [5.74, 6) is -0.997. The summed E-state index contributed by atoms with van der Waals surface area (Å²) in [6.45, 7) is 2.33. The molecule has 3 heterocycles. The highest BCUT2D eigenvalue weighted by Gasteiger charge is 2.55. The van der Waals surface area contributed by atoms with E-state index in [1.807, 2.05) is 17.8 Å². The van der Waals surface area contributed by atoms with Crippen LogP contribution in [-0.2, 0) is 13.2 Å². The number of hydrogen-bond donors (Lipinski definition) is 1. The number of halogens is 4. The number of aryl methyl sites for hydroxylation is 2. The summed E-state index contributed by atoms with van der Waals surface area (Å²) in [5.41, 5.74) is -0.577. The fraction of sp³-hybridized carbons (Fsp3) is 0.435. The molecule has 2 fully saturated rings. The second-order valence-electron chi connectivity index (χ2n) is 9.65. The zero-order chi connectivity index (χ0) is 25.3. The Labute approximate surface area is 198 Å². The van der Waals surface area contributed by atoms with Crippen LogP contribution in [0.25, 0.3) is 5.65 Å². The van der Waals surface area contributed by atoms with Crippen LogP contribution in [0.4, 0.5) is 28.0 Å². The van der Waals surface area contributed by atoms with Gasteiger partial charge >= 0.3 is 12.2 Å². The zero-order valence-electron chi connectivity index (χ0n) is 19.4. The number of amides is 3. The number of aromatic nitrogens is 3. The van der Waals surface area contributed by atoms with Crippen molar-refractivity contribution in [2.75, 3.05) is 25.5 Å². The van der Waals surface area contributed by atoms with Gasteiger partial charge in [-0.05, 0) is 37.5 Å². The van der Waals surface area contributed by atoms with Gasteiger partial charge < -0.3 is 19.7 Å². The molecule has 0 unspecified atom stereocenters. The predicted octanol–water partition coefficient (Wildman–Crippen LogP) is 3.91. The number of hydrogen-bond acceptors (Lipinski definition) is 3. The van der Waals surface area contributed by atoms with E-state index in [-0.39, 0.29) is 22.9 Å². The van der Waals surface area contributed by atoms with E-state index in [9.17, 15) is 27.2 Å². The minimum Gasteiger partial charge on any atom is -0.337 e. The Morgan fingerprint density at radius 1 is 1.20 bits per heavy atom. The van der Waals surface area contributed by atoms with Gasteiger partial charge in [-0.15, -0.1) is 0 Å². The van der Waals surface area contributed by atoms with Gasteiger partial charge in [0.2, 0.25) is 0 Å². The third kappa shape index (κ3) is 3.80. The van der Waals surface area contributed by atoms with E-state index in [2.05, 4.69) is 10.4 Å². The van der Waals surface area contributed by atoms with E-state index >= 15 is 0 Å². The first kappa shape index (κ1) is 23.2. The summed E-state index contributed by atoms with van der Waals surface area (Å²) in [6, 6.07) is 0.478. The molecule has 1 saturated heterocycles. The largest absolute Gasteiger partial charge is 0.416 e. The number of urea groups is 1. The molecule has 0 atom stereocenters. The summed E-state index contributed by atoms with van der Waals surface area (Å²) in [6.07, 6.45) is 1.80. The maximum Gasteiger partial charge on any atom is 0.416 e. The average molecular weight is 492 g/mol. The van der Waals surface area contributed by atoms with Gasteiger partial charge in [-0.25, -0.2) is 13.7 Å². The maximum atomic E-state index is 14.4. The summed E-state index contributed by atoms with van der Waals surface area (Å²) in [7, 11) is 3.38. The minimum absolute atomic E-state index is 0.0899. The smallest absolute Gasteiger partial charge is 0.337 e. The molecule has 8 nitrogen and oxygen atoms in total. The Hall–Kier alpha value is -3.57. The molecule has 1 aromatic carbocycles. The average Bonchev–Trinajstić information content (AvgIpc) is 3.31. The Balaban J connectivity index is 1.19. The third-order valence-electron chi connectivity index (χ3n) is 7.13. The third-order valence-corrected chi connectivity index (χ3v) is 7.13. The van der Waals surface area contributed by atoms with Crippen molar-refractivity contribution in [1.29, 1.82) is 0 Å². The number of nitrogens with zero attached hydrogens (tertiary/aromatic N) is 5. The number of carbonyl (C=O) groups is 2. The van der Waals surface area contributed by atoms with Crippen molar-refractivity contribution in [1.82, 2.24) is 24.0 Å². The molecular formula is C23H24F4N6O2. The molecule has 186 valence electrons. The SMILES string of the molecule is Cc1cc(C(F)(F)F)cc(NC(=O)N(C)C2CC3(C2)CN(C(=O)c2cnn4ccn(C)c24)C3)c1F. The highest BCUT2D eigenvalue weighted by atomic mass is 19.4. The molecule has 1 saturated carbocycles. The first-order valence-corrected chi connectivity index (χ1v) is 11.1. The van der Waals surface area contributed by atoms with Gasteiger partial charge in [-0.3, -0.25) is 4.79 Å². The summed E-state index contributed by atoms with van der Waals surface area (Å²) in [4.78, 5) is 28.7. The van der Waals surface area contributed by atoms with Crippen molar-refractivity contribution < 1.29 is 27.2 Å². The molecule has 1 N–H and O–H groups in total. The van der Waals surface area contributed by atoms with Crippen LogP contribution in [0.1, 0.15) is 34.3 Å². The topological polar surface area (TPSA) is 74.9 Å².